The average Bonchev–Trinajstić information content (AvgIpc) is 2.95. The molecule has 1 unspecified atom stereocenters. The summed E-state index contributed by atoms with van der Waals surface area (Å²) in [6.07, 6.45) is 9.08. The first-order chi connectivity index (χ1) is 10.2. The van der Waals surface area contributed by atoms with Gasteiger partial charge in [-0.1, -0.05) is 12.7 Å². The first-order valence-corrected chi connectivity index (χ1v) is 6.96. The molecule has 1 aliphatic carbocycles. The van der Waals surface area contributed by atoms with Gasteiger partial charge in [-0.05, 0) is 31.4 Å². The lowest BCUT2D eigenvalue weighted by Crippen LogP contribution is -2.08. The maximum Gasteiger partial charge on any atom is 0.179 e. The smallest absolute Gasteiger partial charge is 0.179 e. The molecule has 1 aromatic heterocycles. The number of methoxy groups -OCH3 is 2. The summed E-state index contributed by atoms with van der Waals surface area (Å²) in [7, 11) is 3.32. The minimum atomic E-state index is 0.0929. The second-order valence-electron chi connectivity index (χ2n) is 4.68. The highest BCUT2D eigenvalue weighted by Gasteiger charge is 2.26. The van der Waals surface area contributed by atoms with E-state index in [0.29, 0.717) is 11.5 Å². The molecule has 0 saturated heterocycles. The standard InChI is InChI=1S/C17H21NO3/c1-5-12-13(7-8-15(12)19-3)14(6-2)21-16-9-10-18-11-17(16)20-4/h5-6,9-11,15H,1,7-8H2,2-4H3/b14-6+. The molecule has 0 aliphatic heterocycles. The lowest BCUT2D eigenvalue weighted by molar-refractivity contribution is 0.135. The van der Waals surface area contributed by atoms with E-state index in [1.54, 1.807) is 32.7 Å². The van der Waals surface area contributed by atoms with E-state index in [1.807, 2.05) is 19.1 Å². The molecule has 2 rings (SSSR count). The fourth-order valence-electron chi connectivity index (χ4n) is 2.55. The van der Waals surface area contributed by atoms with Gasteiger partial charge >= 0.3 is 0 Å². The quantitative estimate of drug-likeness (QED) is 0.749. The number of ether oxygens (including phenoxy) is 3. The number of pyridine rings is 1. The first-order valence-electron chi connectivity index (χ1n) is 6.96. The molecule has 112 valence electrons. The molecule has 0 spiro atoms. The van der Waals surface area contributed by atoms with Crippen molar-refractivity contribution in [3.63, 3.8) is 0 Å². The lowest BCUT2D eigenvalue weighted by atomic mass is 10.1. The molecule has 1 aliphatic rings. The summed E-state index contributed by atoms with van der Waals surface area (Å²) in [6.45, 7) is 5.85. The molecule has 4 heteroatoms. The van der Waals surface area contributed by atoms with Crippen molar-refractivity contribution in [3.8, 4) is 11.5 Å². The van der Waals surface area contributed by atoms with Crippen LogP contribution in [0.5, 0.6) is 11.5 Å². The van der Waals surface area contributed by atoms with Crippen LogP contribution in [0.3, 0.4) is 0 Å². The highest BCUT2D eigenvalue weighted by molar-refractivity contribution is 5.46. The van der Waals surface area contributed by atoms with Gasteiger partial charge in [0.2, 0.25) is 0 Å². The van der Waals surface area contributed by atoms with Crippen LogP contribution in [0.2, 0.25) is 0 Å². The molecular formula is C17H21NO3. The van der Waals surface area contributed by atoms with Gasteiger partial charge < -0.3 is 14.2 Å². The largest absolute Gasteiger partial charge is 0.491 e. The van der Waals surface area contributed by atoms with Crippen LogP contribution >= 0.6 is 0 Å². The minimum Gasteiger partial charge on any atom is -0.491 e. The summed E-state index contributed by atoms with van der Waals surface area (Å²) in [6, 6.07) is 1.79. The Kier molecular flexibility index (Phi) is 5.17. The molecular weight excluding hydrogens is 266 g/mol. The Bertz CT molecular complexity index is 575. The van der Waals surface area contributed by atoms with E-state index in [0.717, 1.165) is 29.7 Å². The van der Waals surface area contributed by atoms with Gasteiger partial charge in [-0.2, -0.15) is 0 Å². The highest BCUT2D eigenvalue weighted by Crippen LogP contribution is 2.36. The molecule has 1 atom stereocenters. The zero-order chi connectivity index (χ0) is 15.2. The van der Waals surface area contributed by atoms with E-state index in [9.17, 15) is 0 Å². The van der Waals surface area contributed by atoms with Crippen molar-refractivity contribution in [3.05, 3.63) is 54.1 Å². The number of allylic oxidation sites excluding steroid dienone is 2. The van der Waals surface area contributed by atoms with Gasteiger partial charge in [0.15, 0.2) is 11.5 Å². The summed E-state index contributed by atoms with van der Waals surface area (Å²) in [5, 5.41) is 0. The summed E-state index contributed by atoms with van der Waals surface area (Å²) in [4.78, 5) is 4.03. The van der Waals surface area contributed by atoms with Gasteiger partial charge in [0.25, 0.3) is 0 Å². The number of hydrogen-bond acceptors (Lipinski definition) is 4. The van der Waals surface area contributed by atoms with Gasteiger partial charge in [-0.25, -0.2) is 0 Å². The zero-order valence-electron chi connectivity index (χ0n) is 12.8. The Morgan fingerprint density at radius 3 is 2.81 bits per heavy atom. The fraction of sp³-hybridized carbons (Fsp3) is 0.353. The Hall–Kier alpha value is -2.07. The summed E-state index contributed by atoms with van der Waals surface area (Å²) >= 11 is 0. The second kappa shape index (κ2) is 7.09. The third kappa shape index (κ3) is 3.16. The summed E-state index contributed by atoms with van der Waals surface area (Å²) in [5.41, 5.74) is 2.23. The molecule has 0 aromatic carbocycles. The average molecular weight is 287 g/mol. The van der Waals surface area contributed by atoms with E-state index in [1.165, 1.54) is 0 Å². The molecule has 0 saturated carbocycles. The molecule has 0 N–H and O–H groups in total. The molecule has 0 bridgehead atoms. The van der Waals surface area contributed by atoms with E-state index in [2.05, 4.69) is 11.6 Å². The summed E-state index contributed by atoms with van der Waals surface area (Å²) in [5.74, 6) is 2.07. The lowest BCUT2D eigenvalue weighted by Gasteiger charge is -2.15. The van der Waals surface area contributed by atoms with Crippen molar-refractivity contribution in [2.24, 2.45) is 0 Å². The molecule has 0 amide bonds. The molecule has 1 heterocycles. The molecule has 1 aromatic rings. The summed E-state index contributed by atoms with van der Waals surface area (Å²) < 4.78 is 16.8. The monoisotopic (exact) mass is 287 g/mol. The Morgan fingerprint density at radius 2 is 2.19 bits per heavy atom. The topological polar surface area (TPSA) is 40.6 Å². The molecule has 21 heavy (non-hydrogen) atoms. The van der Waals surface area contributed by atoms with Crippen molar-refractivity contribution in [1.82, 2.24) is 4.98 Å². The molecule has 4 nitrogen and oxygen atoms in total. The third-order valence-electron chi connectivity index (χ3n) is 3.60. The normalized spacial score (nSPS) is 18.8. The second-order valence-corrected chi connectivity index (χ2v) is 4.68. The van der Waals surface area contributed by atoms with E-state index in [-0.39, 0.29) is 6.10 Å². The van der Waals surface area contributed by atoms with Crippen LogP contribution in [0.4, 0.5) is 0 Å². The fourth-order valence-corrected chi connectivity index (χ4v) is 2.55. The van der Waals surface area contributed by atoms with Crippen LogP contribution < -0.4 is 9.47 Å². The number of rotatable bonds is 6. The SMILES string of the molecule is C=CC1=C(/C(=C\C)Oc2ccncc2OC)CCC1OC. The van der Waals surface area contributed by atoms with E-state index in [4.69, 9.17) is 14.2 Å². The van der Waals surface area contributed by atoms with Gasteiger partial charge in [-0.15, -0.1) is 0 Å². The maximum absolute atomic E-state index is 6.03. The predicted molar refractivity (Wildman–Crippen MR) is 82.4 cm³/mol. The Morgan fingerprint density at radius 1 is 1.38 bits per heavy atom. The van der Waals surface area contributed by atoms with Crippen molar-refractivity contribution in [2.45, 2.75) is 25.9 Å². The van der Waals surface area contributed by atoms with E-state index >= 15 is 0 Å². The predicted octanol–water partition coefficient (Wildman–Crippen LogP) is 3.66. The van der Waals surface area contributed by atoms with Gasteiger partial charge in [0.1, 0.15) is 5.76 Å². The maximum atomic E-state index is 6.03. The van der Waals surface area contributed by atoms with Crippen molar-refractivity contribution >= 4 is 0 Å². The van der Waals surface area contributed by atoms with Gasteiger partial charge in [0, 0.05) is 24.9 Å². The minimum absolute atomic E-state index is 0.0929. The number of aromatic nitrogens is 1. The molecule has 0 radical (unpaired) electrons. The van der Waals surface area contributed by atoms with Crippen LogP contribution in [-0.4, -0.2) is 25.3 Å². The first kappa shape index (κ1) is 15.3. The Balaban J connectivity index is 2.31. The zero-order valence-corrected chi connectivity index (χ0v) is 12.8. The third-order valence-corrected chi connectivity index (χ3v) is 3.60. The van der Waals surface area contributed by atoms with Crippen molar-refractivity contribution in [2.75, 3.05) is 14.2 Å². The van der Waals surface area contributed by atoms with Crippen LogP contribution in [0, 0.1) is 0 Å². The number of hydrogen-bond donors (Lipinski definition) is 0. The Labute approximate surface area is 125 Å². The van der Waals surface area contributed by atoms with Crippen LogP contribution in [0.1, 0.15) is 19.8 Å². The van der Waals surface area contributed by atoms with Crippen molar-refractivity contribution in [1.29, 1.82) is 0 Å². The van der Waals surface area contributed by atoms with Crippen molar-refractivity contribution < 1.29 is 14.2 Å². The van der Waals surface area contributed by atoms with E-state index < -0.39 is 0 Å². The van der Waals surface area contributed by atoms with Gasteiger partial charge in [0.05, 0.1) is 19.4 Å². The van der Waals surface area contributed by atoms with Crippen LogP contribution in [0.25, 0.3) is 0 Å². The van der Waals surface area contributed by atoms with Gasteiger partial charge in [-0.3, -0.25) is 4.98 Å². The van der Waals surface area contributed by atoms with Crippen LogP contribution in [-0.2, 0) is 4.74 Å². The highest BCUT2D eigenvalue weighted by atomic mass is 16.5. The number of nitrogens with zero attached hydrogens (tertiary/aromatic N) is 1. The molecule has 0 fully saturated rings. The van der Waals surface area contributed by atoms with Crippen LogP contribution in [0.15, 0.2) is 54.1 Å².